The number of benzene rings is 2. The van der Waals surface area contributed by atoms with Gasteiger partial charge in [0.25, 0.3) is 5.89 Å². The van der Waals surface area contributed by atoms with Gasteiger partial charge in [0.15, 0.2) is 0 Å². The van der Waals surface area contributed by atoms with Gasteiger partial charge in [0.1, 0.15) is 11.5 Å². The third kappa shape index (κ3) is 4.10. The van der Waals surface area contributed by atoms with Gasteiger partial charge >= 0.3 is 0 Å². The first-order valence-corrected chi connectivity index (χ1v) is 9.45. The topological polar surface area (TPSA) is 77.2 Å². The quantitative estimate of drug-likeness (QED) is 0.484. The Kier molecular flexibility index (Phi) is 4.90. The summed E-state index contributed by atoms with van der Waals surface area (Å²) in [7, 11) is 0. The molecule has 0 saturated heterocycles. The first kappa shape index (κ1) is 17.9. The molecule has 0 fully saturated rings. The van der Waals surface area contributed by atoms with Crippen LogP contribution in [0.25, 0.3) is 22.2 Å². The summed E-state index contributed by atoms with van der Waals surface area (Å²) in [5.41, 5.74) is 1.57. The van der Waals surface area contributed by atoms with Crippen molar-refractivity contribution in [3.05, 3.63) is 65.5 Å². The number of amides is 1. The maximum Gasteiger partial charge on any atom is 0.268 e. The Morgan fingerprint density at radius 2 is 1.68 bits per heavy atom. The van der Waals surface area contributed by atoms with Gasteiger partial charge < -0.3 is 14.6 Å². The van der Waals surface area contributed by atoms with Crippen molar-refractivity contribution >= 4 is 22.9 Å². The zero-order chi connectivity index (χ0) is 19.5. The second kappa shape index (κ2) is 7.66. The summed E-state index contributed by atoms with van der Waals surface area (Å²) in [6.45, 7) is 3.51. The van der Waals surface area contributed by atoms with Crippen LogP contribution in [-0.2, 0) is 4.79 Å². The first-order chi connectivity index (χ1) is 13.6. The van der Waals surface area contributed by atoms with Crippen molar-refractivity contribution in [2.24, 2.45) is 0 Å². The van der Waals surface area contributed by atoms with Gasteiger partial charge in [-0.15, -0.1) is 11.3 Å². The molecule has 6 nitrogen and oxygen atoms in total. The SMILES string of the molecule is CC(=O)Nc1ccc(Oc2ccc(-c3noc(-c4ccc(C)s4)n3)cc2)cc1. The molecule has 28 heavy (non-hydrogen) atoms. The Hall–Kier alpha value is -3.45. The number of rotatable bonds is 5. The molecule has 0 aliphatic heterocycles. The highest BCUT2D eigenvalue weighted by Gasteiger charge is 2.12. The van der Waals surface area contributed by atoms with Crippen molar-refractivity contribution in [3.63, 3.8) is 0 Å². The second-order valence-electron chi connectivity index (χ2n) is 6.17. The Bertz CT molecular complexity index is 1100. The van der Waals surface area contributed by atoms with Gasteiger partial charge in [0.05, 0.1) is 4.88 Å². The number of hydrogen-bond acceptors (Lipinski definition) is 6. The van der Waals surface area contributed by atoms with Crippen molar-refractivity contribution in [1.82, 2.24) is 10.1 Å². The van der Waals surface area contributed by atoms with E-state index in [4.69, 9.17) is 9.26 Å². The van der Waals surface area contributed by atoms with Crippen molar-refractivity contribution < 1.29 is 14.1 Å². The summed E-state index contributed by atoms with van der Waals surface area (Å²) in [6, 6.07) is 18.7. The van der Waals surface area contributed by atoms with Gasteiger partial charge in [-0.05, 0) is 67.6 Å². The number of nitrogens with one attached hydrogen (secondary N) is 1. The lowest BCUT2D eigenvalue weighted by molar-refractivity contribution is -0.114. The molecule has 1 N–H and O–H groups in total. The average molecular weight is 391 g/mol. The monoisotopic (exact) mass is 391 g/mol. The molecule has 0 radical (unpaired) electrons. The van der Waals surface area contributed by atoms with E-state index in [-0.39, 0.29) is 5.91 Å². The number of carbonyl (C=O) groups excluding carboxylic acids is 1. The Balaban J connectivity index is 1.45. The average Bonchev–Trinajstić information content (AvgIpc) is 3.33. The molecular formula is C21H17N3O3S. The van der Waals surface area contributed by atoms with Crippen molar-refractivity contribution in [3.8, 4) is 33.7 Å². The minimum atomic E-state index is -0.108. The number of nitrogens with zero attached hydrogens (tertiary/aromatic N) is 2. The van der Waals surface area contributed by atoms with Crippen LogP contribution in [-0.4, -0.2) is 16.0 Å². The largest absolute Gasteiger partial charge is 0.457 e. The summed E-state index contributed by atoms with van der Waals surface area (Å²) in [4.78, 5) is 17.7. The number of hydrogen-bond donors (Lipinski definition) is 1. The predicted octanol–water partition coefficient (Wildman–Crippen LogP) is 5.52. The third-order valence-corrected chi connectivity index (χ3v) is 4.89. The fraction of sp³-hybridized carbons (Fsp3) is 0.0952. The zero-order valence-corrected chi connectivity index (χ0v) is 16.1. The van der Waals surface area contributed by atoms with Crippen LogP contribution in [0, 0.1) is 6.92 Å². The number of ether oxygens (including phenoxy) is 1. The highest BCUT2D eigenvalue weighted by molar-refractivity contribution is 7.15. The molecule has 2 heterocycles. The normalized spacial score (nSPS) is 10.6. The highest BCUT2D eigenvalue weighted by atomic mass is 32.1. The second-order valence-corrected chi connectivity index (χ2v) is 7.45. The molecule has 2 aromatic heterocycles. The van der Waals surface area contributed by atoms with Gasteiger partial charge in [0.2, 0.25) is 11.7 Å². The lowest BCUT2D eigenvalue weighted by atomic mass is 10.2. The van der Waals surface area contributed by atoms with E-state index in [1.165, 1.54) is 11.8 Å². The van der Waals surface area contributed by atoms with Gasteiger partial charge in [0, 0.05) is 23.1 Å². The third-order valence-electron chi connectivity index (χ3n) is 3.90. The number of carbonyl (C=O) groups is 1. The maximum atomic E-state index is 11.1. The van der Waals surface area contributed by atoms with Crippen molar-refractivity contribution in [2.75, 3.05) is 5.32 Å². The van der Waals surface area contributed by atoms with Gasteiger partial charge in [-0.25, -0.2) is 0 Å². The van der Waals surface area contributed by atoms with Crippen LogP contribution in [0.4, 0.5) is 5.69 Å². The summed E-state index contributed by atoms with van der Waals surface area (Å²) < 4.78 is 11.2. The Morgan fingerprint density at radius 3 is 2.29 bits per heavy atom. The fourth-order valence-electron chi connectivity index (χ4n) is 2.61. The maximum absolute atomic E-state index is 11.1. The summed E-state index contributed by atoms with van der Waals surface area (Å²) in [6.07, 6.45) is 0. The number of thiophene rings is 1. The molecule has 4 aromatic rings. The molecule has 7 heteroatoms. The van der Waals surface area contributed by atoms with E-state index < -0.39 is 0 Å². The van der Waals surface area contributed by atoms with Gasteiger partial charge in [-0.2, -0.15) is 4.98 Å². The molecule has 1 amide bonds. The molecule has 0 atom stereocenters. The van der Waals surface area contributed by atoms with Crippen LogP contribution < -0.4 is 10.1 Å². The molecule has 0 bridgehead atoms. The van der Waals surface area contributed by atoms with E-state index in [1.807, 2.05) is 43.3 Å². The van der Waals surface area contributed by atoms with Crippen LogP contribution in [0.3, 0.4) is 0 Å². The fourth-order valence-corrected chi connectivity index (χ4v) is 3.40. The molecule has 0 unspecified atom stereocenters. The van der Waals surface area contributed by atoms with Crippen molar-refractivity contribution in [1.29, 1.82) is 0 Å². The summed E-state index contributed by atoms with van der Waals surface area (Å²) >= 11 is 1.62. The molecule has 4 rings (SSSR count). The Labute approximate surface area is 165 Å². The number of aryl methyl sites for hydroxylation is 1. The molecule has 0 spiro atoms. The first-order valence-electron chi connectivity index (χ1n) is 8.63. The highest BCUT2D eigenvalue weighted by Crippen LogP contribution is 2.29. The predicted molar refractivity (Wildman–Crippen MR) is 109 cm³/mol. The number of aromatic nitrogens is 2. The van der Waals surface area contributed by atoms with Gasteiger partial charge in [-0.1, -0.05) is 5.16 Å². The molecular weight excluding hydrogens is 374 g/mol. The van der Waals surface area contributed by atoms with Crippen LogP contribution >= 0.6 is 11.3 Å². The lowest BCUT2D eigenvalue weighted by Crippen LogP contribution is -2.05. The summed E-state index contributed by atoms with van der Waals surface area (Å²) in [5.74, 6) is 2.31. The van der Waals surface area contributed by atoms with E-state index in [0.717, 1.165) is 16.1 Å². The molecule has 0 aliphatic carbocycles. The van der Waals surface area contributed by atoms with E-state index in [1.54, 1.807) is 35.6 Å². The van der Waals surface area contributed by atoms with Crippen molar-refractivity contribution in [2.45, 2.75) is 13.8 Å². The van der Waals surface area contributed by atoms with Crippen LogP contribution in [0.5, 0.6) is 11.5 Å². The van der Waals surface area contributed by atoms with Crippen LogP contribution in [0.15, 0.2) is 65.2 Å². The minimum absolute atomic E-state index is 0.108. The lowest BCUT2D eigenvalue weighted by Gasteiger charge is -2.07. The van der Waals surface area contributed by atoms with Crippen LogP contribution in [0.2, 0.25) is 0 Å². The van der Waals surface area contributed by atoms with E-state index in [2.05, 4.69) is 15.5 Å². The van der Waals surface area contributed by atoms with Crippen LogP contribution in [0.1, 0.15) is 11.8 Å². The minimum Gasteiger partial charge on any atom is -0.457 e. The number of anilines is 1. The van der Waals surface area contributed by atoms with Gasteiger partial charge in [-0.3, -0.25) is 4.79 Å². The summed E-state index contributed by atoms with van der Waals surface area (Å²) in [5, 5.41) is 6.78. The van der Waals surface area contributed by atoms with E-state index in [9.17, 15) is 4.79 Å². The Morgan fingerprint density at radius 1 is 1.00 bits per heavy atom. The van der Waals surface area contributed by atoms with E-state index in [0.29, 0.717) is 23.2 Å². The smallest absolute Gasteiger partial charge is 0.268 e. The molecule has 2 aromatic carbocycles. The van der Waals surface area contributed by atoms with E-state index >= 15 is 0 Å². The molecule has 0 saturated carbocycles. The zero-order valence-electron chi connectivity index (χ0n) is 15.3. The molecule has 0 aliphatic rings. The molecule has 140 valence electrons. The standard InChI is InChI=1S/C21H17N3O3S/c1-13-3-12-19(28-13)21-23-20(24-27-21)15-4-8-17(9-5-15)26-18-10-6-16(7-11-18)22-14(2)25/h3-12H,1-2H3,(H,22,25).